The van der Waals surface area contributed by atoms with E-state index >= 15 is 0 Å². The number of nitrogens with one attached hydrogen (secondary N) is 1. The summed E-state index contributed by atoms with van der Waals surface area (Å²) in [6, 6.07) is 11.1. The summed E-state index contributed by atoms with van der Waals surface area (Å²) in [7, 11) is 0. The van der Waals surface area contributed by atoms with E-state index in [1.807, 2.05) is 0 Å². The highest BCUT2D eigenvalue weighted by Gasteiger charge is 2.21. The van der Waals surface area contributed by atoms with Crippen LogP contribution in [-0.4, -0.2) is 19.5 Å². The van der Waals surface area contributed by atoms with Gasteiger partial charge < -0.3 is 9.55 Å². The molecule has 0 saturated carbocycles. The van der Waals surface area contributed by atoms with Gasteiger partial charge in [0.2, 0.25) is 0 Å². The lowest BCUT2D eigenvalue weighted by molar-refractivity contribution is 0.598. The molecule has 0 atom stereocenters. The molecule has 0 saturated heterocycles. The second-order valence-electron chi connectivity index (χ2n) is 14.2. The zero-order chi connectivity index (χ0) is 33.6. The summed E-state index contributed by atoms with van der Waals surface area (Å²) in [5.41, 5.74) is 14.0. The largest absolute Gasteiger partial charge is 0.355 e. The Morgan fingerprint density at radius 2 is 1.00 bits per heavy atom. The maximum Gasteiger partial charge on any atom is 0.0690 e. The highest BCUT2D eigenvalue weighted by Crippen LogP contribution is 2.35. The number of fused-ring (bicyclic) bond motifs is 8. The van der Waals surface area contributed by atoms with Crippen molar-refractivity contribution in [2.75, 3.05) is 0 Å². The minimum atomic E-state index is 1.00. The molecule has 3 aromatic rings. The van der Waals surface area contributed by atoms with Gasteiger partial charge >= 0.3 is 0 Å². The molecule has 2 aliphatic heterocycles. The van der Waals surface area contributed by atoms with Crippen molar-refractivity contribution in [3.05, 3.63) is 69.8 Å². The van der Waals surface area contributed by atoms with E-state index < -0.39 is 0 Å². The van der Waals surface area contributed by atoms with Crippen molar-refractivity contribution in [2.24, 2.45) is 0 Å². The van der Waals surface area contributed by atoms with Gasteiger partial charge in [-0.25, -0.2) is 9.97 Å². The van der Waals surface area contributed by atoms with Crippen LogP contribution in [0.25, 0.3) is 46.4 Å². The van der Waals surface area contributed by atoms with E-state index in [1.54, 1.807) is 11.1 Å². The van der Waals surface area contributed by atoms with Gasteiger partial charge in [-0.05, 0) is 111 Å². The summed E-state index contributed by atoms with van der Waals surface area (Å²) in [6.45, 7) is 10.3. The summed E-state index contributed by atoms with van der Waals surface area (Å²) >= 11 is 0. The van der Waals surface area contributed by atoms with Crippen LogP contribution in [0.3, 0.4) is 0 Å². The Morgan fingerprint density at radius 3 is 1.60 bits per heavy atom. The number of unbranched alkanes of at least 4 members (excludes halogenated alkanes) is 12. The Bertz CT molecular complexity index is 1680. The molecule has 2 aliphatic rings. The number of rotatable bonds is 20. The SMILES string of the molecule is CCCCCCc1c(CCCCCC)c2c(CCCCCC)c3nc(cc4ccc(cc5nc(cc1n2CCCCCC)C=C5)[nH]4)C=C3. The quantitative estimate of drug-likeness (QED) is 0.0855. The Kier molecular flexibility index (Phi) is 14.2. The number of aromatic nitrogens is 4. The molecule has 8 bridgehead atoms. The first-order valence-electron chi connectivity index (χ1n) is 19.8. The van der Waals surface area contributed by atoms with E-state index in [0.29, 0.717) is 0 Å². The predicted molar refractivity (Wildman–Crippen MR) is 210 cm³/mol. The molecule has 0 amide bonds. The maximum atomic E-state index is 5.36. The van der Waals surface area contributed by atoms with Gasteiger partial charge in [-0.3, -0.25) is 0 Å². The molecule has 0 radical (unpaired) electrons. The van der Waals surface area contributed by atoms with E-state index in [1.165, 1.54) is 125 Å². The number of aryl methyl sites for hydroxylation is 4. The lowest BCUT2D eigenvalue weighted by atomic mass is 9.95. The average Bonchev–Trinajstić information content (AvgIpc) is 3.89. The fourth-order valence-electron chi connectivity index (χ4n) is 7.52. The van der Waals surface area contributed by atoms with Crippen LogP contribution < -0.4 is 0 Å². The topological polar surface area (TPSA) is 46.5 Å². The van der Waals surface area contributed by atoms with Crippen molar-refractivity contribution < 1.29 is 0 Å². The minimum Gasteiger partial charge on any atom is -0.355 e. The molecule has 0 fully saturated rings. The molecule has 0 aromatic carbocycles. The van der Waals surface area contributed by atoms with Gasteiger partial charge in [-0.15, -0.1) is 0 Å². The summed E-state index contributed by atoms with van der Waals surface area (Å²) in [5.74, 6) is 0. The third-order valence-corrected chi connectivity index (χ3v) is 10.2. The van der Waals surface area contributed by atoms with Gasteiger partial charge in [0.05, 0.1) is 28.3 Å². The monoisotopic (exact) mass is 646 g/mol. The summed E-state index contributed by atoms with van der Waals surface area (Å²) < 4.78 is 2.76. The van der Waals surface area contributed by atoms with E-state index in [2.05, 4.69) is 91.9 Å². The lowest BCUT2D eigenvalue weighted by Gasteiger charge is -2.13. The second kappa shape index (κ2) is 19.0. The first-order chi connectivity index (χ1) is 23.6. The van der Waals surface area contributed by atoms with Crippen LogP contribution in [0, 0.1) is 0 Å². The molecule has 3 aromatic heterocycles. The van der Waals surface area contributed by atoms with E-state index in [0.717, 1.165) is 53.9 Å². The predicted octanol–water partition coefficient (Wildman–Crippen LogP) is 13.1. The van der Waals surface area contributed by atoms with Crippen molar-refractivity contribution in [1.82, 2.24) is 19.5 Å². The number of hydrogen-bond acceptors (Lipinski definition) is 2. The van der Waals surface area contributed by atoms with Crippen LogP contribution in [-0.2, 0) is 25.8 Å². The van der Waals surface area contributed by atoms with Crippen molar-refractivity contribution >= 4 is 46.4 Å². The smallest absolute Gasteiger partial charge is 0.0690 e. The molecule has 4 heteroatoms. The number of nitrogens with zero attached hydrogens (tertiary/aromatic N) is 3. The molecule has 5 heterocycles. The number of H-pyrrole nitrogens is 1. The average molecular weight is 647 g/mol. The summed E-state index contributed by atoms with van der Waals surface area (Å²) in [4.78, 5) is 14.1. The van der Waals surface area contributed by atoms with E-state index in [9.17, 15) is 0 Å². The summed E-state index contributed by atoms with van der Waals surface area (Å²) in [6.07, 6.45) is 32.6. The van der Waals surface area contributed by atoms with Gasteiger partial charge in [0.25, 0.3) is 0 Å². The van der Waals surface area contributed by atoms with Gasteiger partial charge in [0.1, 0.15) is 0 Å². The molecule has 258 valence electrons. The Balaban J connectivity index is 1.85. The van der Waals surface area contributed by atoms with Crippen LogP contribution in [0.15, 0.2) is 30.3 Å². The fourth-order valence-corrected chi connectivity index (χ4v) is 7.52. The highest BCUT2D eigenvalue weighted by atomic mass is 15.0. The molecular weight excluding hydrogens is 585 g/mol. The fraction of sp³-hybridized carbons (Fsp3) is 0.545. The minimum absolute atomic E-state index is 1.00. The molecule has 0 aliphatic carbocycles. The molecule has 48 heavy (non-hydrogen) atoms. The number of hydrogen-bond donors (Lipinski definition) is 1. The van der Waals surface area contributed by atoms with E-state index in [4.69, 9.17) is 9.97 Å². The van der Waals surface area contributed by atoms with Crippen molar-refractivity contribution in [3.8, 4) is 0 Å². The Morgan fingerprint density at radius 1 is 0.500 bits per heavy atom. The molecule has 0 unspecified atom stereocenters. The lowest BCUT2D eigenvalue weighted by Crippen LogP contribution is -2.03. The van der Waals surface area contributed by atoms with Crippen LogP contribution in [0.4, 0.5) is 0 Å². The maximum absolute atomic E-state index is 5.36. The van der Waals surface area contributed by atoms with Crippen molar-refractivity contribution in [3.63, 3.8) is 0 Å². The second-order valence-corrected chi connectivity index (χ2v) is 14.2. The molecule has 4 nitrogen and oxygen atoms in total. The Hall–Kier alpha value is -3.40. The van der Waals surface area contributed by atoms with Gasteiger partial charge in [-0.2, -0.15) is 0 Å². The van der Waals surface area contributed by atoms with E-state index in [-0.39, 0.29) is 0 Å². The van der Waals surface area contributed by atoms with Crippen LogP contribution >= 0.6 is 0 Å². The first kappa shape index (κ1) is 35.9. The molecule has 1 N–H and O–H groups in total. The van der Waals surface area contributed by atoms with Crippen molar-refractivity contribution in [1.29, 1.82) is 0 Å². The van der Waals surface area contributed by atoms with Crippen molar-refractivity contribution in [2.45, 2.75) is 156 Å². The van der Waals surface area contributed by atoms with Gasteiger partial charge in [-0.1, -0.05) is 105 Å². The third kappa shape index (κ3) is 9.61. The van der Waals surface area contributed by atoms with Crippen LogP contribution in [0.2, 0.25) is 0 Å². The molecule has 0 spiro atoms. The van der Waals surface area contributed by atoms with Crippen LogP contribution in [0.1, 0.15) is 170 Å². The summed E-state index contributed by atoms with van der Waals surface area (Å²) in [5, 5.41) is 0. The zero-order valence-electron chi connectivity index (χ0n) is 30.7. The first-order valence-corrected chi connectivity index (χ1v) is 19.8. The standard InChI is InChI=1S/C44H62N4/c1-5-9-13-17-21-39-40(22-18-14-10-6-2)44-41(23-19-15-11-7-3)42-29-28-37(47-42)32-36-25-24-34(45-36)31-35-26-27-38(46-35)33-43(39)48(44)30-20-16-12-8-4/h24-29,31-33,45H,5-23,30H2,1-4H3. The van der Waals surface area contributed by atoms with Gasteiger partial charge in [0, 0.05) is 28.7 Å². The normalized spacial score (nSPS) is 12.4. The molecular formula is C44H62N4. The Labute approximate surface area is 291 Å². The molecule has 5 rings (SSSR count). The van der Waals surface area contributed by atoms with Gasteiger partial charge in [0.15, 0.2) is 0 Å². The third-order valence-electron chi connectivity index (χ3n) is 10.2. The number of aromatic amines is 1. The zero-order valence-corrected chi connectivity index (χ0v) is 30.7. The highest BCUT2D eigenvalue weighted by molar-refractivity contribution is 5.83. The van der Waals surface area contributed by atoms with Crippen LogP contribution in [0.5, 0.6) is 0 Å².